The number of rotatable bonds is 4. The van der Waals surface area contributed by atoms with E-state index in [9.17, 15) is 4.79 Å². The Bertz CT molecular complexity index is 976. The first kappa shape index (κ1) is 20.8. The molecule has 2 aliphatic heterocycles. The first-order chi connectivity index (χ1) is 14.5. The van der Waals surface area contributed by atoms with Gasteiger partial charge in [-0.2, -0.15) is 0 Å². The molecule has 4 rings (SSSR count). The maximum Gasteiger partial charge on any atom is 0.272 e. The Labute approximate surface area is 186 Å². The van der Waals surface area contributed by atoms with E-state index in [1.165, 1.54) is 0 Å². The fourth-order valence-electron chi connectivity index (χ4n) is 3.65. The topological polar surface area (TPSA) is 66.0 Å². The molecule has 2 atom stereocenters. The zero-order chi connectivity index (χ0) is 21.1. The van der Waals surface area contributed by atoms with Crippen molar-refractivity contribution in [3.05, 3.63) is 64.7 Å². The summed E-state index contributed by atoms with van der Waals surface area (Å²) in [5.41, 5.74) is 3.13. The normalized spacial score (nSPS) is 20.9. The zero-order valence-corrected chi connectivity index (χ0v) is 18.2. The predicted octanol–water partition coefficient (Wildman–Crippen LogP) is 3.12. The van der Waals surface area contributed by atoms with Gasteiger partial charge in [-0.05, 0) is 43.3 Å². The first-order valence-corrected chi connectivity index (χ1v) is 10.7. The number of benzodiazepines with no additional fused rings is 1. The number of likely N-dealkylation sites (N-methyl/N-ethyl adjacent to an activating group) is 1. The van der Waals surface area contributed by atoms with Crippen LogP contribution in [0.4, 0.5) is 5.69 Å². The number of aliphatic imine (C=N–C) groups is 1. The number of carbonyl (C=O) groups is 1. The summed E-state index contributed by atoms with van der Waals surface area (Å²) in [6.45, 7) is 1.39. The van der Waals surface area contributed by atoms with Crippen molar-refractivity contribution in [2.45, 2.75) is 25.1 Å². The van der Waals surface area contributed by atoms with Crippen LogP contribution in [0.2, 0.25) is 5.02 Å². The minimum absolute atomic E-state index is 0.145. The van der Waals surface area contributed by atoms with Gasteiger partial charge in [-0.1, -0.05) is 41.9 Å². The summed E-state index contributed by atoms with van der Waals surface area (Å²) in [6.07, 6.45) is 1.35. The second-order valence-corrected chi connectivity index (χ2v) is 8.14. The molecule has 0 aliphatic carbocycles. The van der Waals surface area contributed by atoms with Gasteiger partial charge in [0.2, 0.25) is 6.17 Å². The number of hydrogen-bond acceptors (Lipinski definition) is 4. The van der Waals surface area contributed by atoms with E-state index in [-0.39, 0.29) is 12.0 Å². The maximum absolute atomic E-state index is 13.2. The number of carbonyl (C=O) groups excluding carboxylic acids is 1. The van der Waals surface area contributed by atoms with E-state index < -0.39 is 6.17 Å². The Morgan fingerprint density at radius 1 is 1.30 bits per heavy atom. The van der Waals surface area contributed by atoms with Gasteiger partial charge in [-0.3, -0.25) is 4.79 Å². The number of amides is 1. The largest absolute Gasteiger partial charge is 0.376 e. The number of halogens is 1. The number of nitrogens with one attached hydrogen (secondary N) is 2. The number of anilines is 1. The molecule has 2 heterocycles. The Hall–Kier alpha value is -2.48. The minimum atomic E-state index is -0.860. The Morgan fingerprint density at radius 3 is 2.83 bits per heavy atom. The van der Waals surface area contributed by atoms with Crippen molar-refractivity contribution in [1.82, 2.24) is 10.6 Å². The van der Waals surface area contributed by atoms with Crippen LogP contribution in [0.25, 0.3) is 0 Å². The average molecular weight is 443 g/mol. The number of hydrogen-bond donors (Lipinski definition) is 2. The highest BCUT2D eigenvalue weighted by Crippen LogP contribution is 2.29. The van der Waals surface area contributed by atoms with Crippen molar-refractivity contribution >= 4 is 46.2 Å². The highest BCUT2D eigenvalue weighted by molar-refractivity contribution is 7.80. The van der Waals surface area contributed by atoms with Crippen molar-refractivity contribution in [2.24, 2.45) is 4.99 Å². The van der Waals surface area contributed by atoms with Crippen LogP contribution in [0, 0.1) is 0 Å². The lowest BCUT2D eigenvalue weighted by Crippen LogP contribution is -2.50. The van der Waals surface area contributed by atoms with Gasteiger partial charge in [0.25, 0.3) is 5.91 Å². The van der Waals surface area contributed by atoms with Crippen molar-refractivity contribution < 1.29 is 9.53 Å². The molecule has 1 saturated heterocycles. The van der Waals surface area contributed by atoms with Gasteiger partial charge < -0.3 is 20.3 Å². The standard InChI is InChI=1S/C22H23ClN4O2S/c1-27-18-10-9-15(23)12-17(18)19(14-6-3-2-4-7-14)25-20(21(27)28)26-22(30)24-13-16-8-5-11-29-16/h2-4,6-7,9-10,12,16,20H,5,8,11,13H2,1H3,(H2,24,26,30). The van der Waals surface area contributed by atoms with Crippen LogP contribution in [-0.2, 0) is 9.53 Å². The van der Waals surface area contributed by atoms with E-state index in [2.05, 4.69) is 10.6 Å². The average Bonchev–Trinajstić information content (AvgIpc) is 3.25. The summed E-state index contributed by atoms with van der Waals surface area (Å²) in [5, 5.41) is 7.17. The molecule has 6 nitrogen and oxygen atoms in total. The van der Waals surface area contributed by atoms with Crippen LogP contribution in [0.1, 0.15) is 24.0 Å². The highest BCUT2D eigenvalue weighted by Gasteiger charge is 2.30. The molecule has 0 radical (unpaired) electrons. The van der Waals surface area contributed by atoms with Crippen LogP contribution in [0.15, 0.2) is 53.5 Å². The molecule has 156 valence electrons. The Morgan fingerprint density at radius 2 is 2.10 bits per heavy atom. The van der Waals surface area contributed by atoms with E-state index in [0.29, 0.717) is 22.4 Å². The van der Waals surface area contributed by atoms with Crippen molar-refractivity contribution in [3.8, 4) is 0 Å². The van der Waals surface area contributed by atoms with Crippen LogP contribution < -0.4 is 15.5 Å². The van der Waals surface area contributed by atoms with Gasteiger partial charge >= 0.3 is 0 Å². The Balaban J connectivity index is 1.64. The molecular formula is C22H23ClN4O2S. The van der Waals surface area contributed by atoms with Gasteiger partial charge in [0.1, 0.15) is 0 Å². The molecule has 0 bridgehead atoms. The molecule has 2 aliphatic rings. The van der Waals surface area contributed by atoms with Crippen molar-refractivity contribution in [1.29, 1.82) is 0 Å². The van der Waals surface area contributed by atoms with Gasteiger partial charge in [-0.25, -0.2) is 4.99 Å². The van der Waals surface area contributed by atoms with Gasteiger partial charge in [-0.15, -0.1) is 0 Å². The number of ether oxygens (including phenoxy) is 1. The number of nitrogens with zero attached hydrogens (tertiary/aromatic N) is 2. The molecule has 0 aromatic heterocycles. The van der Waals surface area contributed by atoms with E-state index in [1.54, 1.807) is 18.0 Å². The summed E-state index contributed by atoms with van der Waals surface area (Å²) in [4.78, 5) is 19.5. The molecule has 2 aromatic rings. The molecule has 2 unspecified atom stereocenters. The highest BCUT2D eigenvalue weighted by atomic mass is 35.5. The van der Waals surface area contributed by atoms with E-state index in [4.69, 9.17) is 33.5 Å². The lowest BCUT2D eigenvalue weighted by atomic mass is 10.0. The monoisotopic (exact) mass is 442 g/mol. The van der Waals surface area contributed by atoms with Gasteiger partial charge in [0.15, 0.2) is 5.11 Å². The molecule has 2 aromatic carbocycles. The fourth-order valence-corrected chi connectivity index (χ4v) is 4.02. The van der Waals surface area contributed by atoms with Crippen LogP contribution in [0.5, 0.6) is 0 Å². The summed E-state index contributed by atoms with van der Waals surface area (Å²) >= 11 is 11.7. The SMILES string of the molecule is CN1C(=O)C(NC(=S)NCC2CCCO2)N=C(c2ccccc2)c2cc(Cl)ccc21. The fraction of sp³-hybridized carbons (Fsp3) is 0.318. The Kier molecular flexibility index (Phi) is 6.32. The summed E-state index contributed by atoms with van der Waals surface area (Å²) in [6, 6.07) is 15.2. The second-order valence-electron chi connectivity index (χ2n) is 7.29. The molecule has 30 heavy (non-hydrogen) atoms. The molecule has 1 fully saturated rings. The van der Waals surface area contributed by atoms with Crippen LogP contribution in [0.3, 0.4) is 0 Å². The summed E-state index contributed by atoms with van der Waals surface area (Å²) in [5.74, 6) is -0.203. The lowest BCUT2D eigenvalue weighted by Gasteiger charge is -2.22. The third kappa shape index (κ3) is 4.48. The smallest absolute Gasteiger partial charge is 0.272 e. The van der Waals surface area contributed by atoms with Gasteiger partial charge in [0, 0.05) is 36.3 Å². The molecule has 0 saturated carbocycles. The third-order valence-corrected chi connectivity index (χ3v) is 5.72. The van der Waals surface area contributed by atoms with Crippen molar-refractivity contribution in [2.75, 3.05) is 25.1 Å². The quantitative estimate of drug-likeness (QED) is 0.712. The molecule has 1 amide bonds. The van der Waals surface area contributed by atoms with Gasteiger partial charge in [0.05, 0.1) is 17.5 Å². The second kappa shape index (κ2) is 9.12. The van der Waals surface area contributed by atoms with Crippen molar-refractivity contribution in [3.63, 3.8) is 0 Å². The summed E-state index contributed by atoms with van der Waals surface area (Å²) < 4.78 is 5.61. The predicted molar refractivity (Wildman–Crippen MR) is 123 cm³/mol. The minimum Gasteiger partial charge on any atom is -0.376 e. The van der Waals surface area contributed by atoms with Crippen LogP contribution >= 0.6 is 23.8 Å². The number of benzene rings is 2. The molecule has 2 N–H and O–H groups in total. The first-order valence-electron chi connectivity index (χ1n) is 9.89. The number of thiocarbonyl (C=S) groups is 1. The van der Waals surface area contributed by atoms with E-state index in [0.717, 1.165) is 36.3 Å². The third-order valence-electron chi connectivity index (χ3n) is 5.23. The number of fused-ring (bicyclic) bond motifs is 1. The van der Waals surface area contributed by atoms with E-state index in [1.807, 2.05) is 42.5 Å². The van der Waals surface area contributed by atoms with Crippen LogP contribution in [-0.4, -0.2) is 49.2 Å². The molecular weight excluding hydrogens is 420 g/mol. The van der Waals surface area contributed by atoms with E-state index >= 15 is 0 Å². The molecule has 0 spiro atoms. The maximum atomic E-state index is 13.2. The lowest BCUT2D eigenvalue weighted by molar-refractivity contribution is -0.119. The summed E-state index contributed by atoms with van der Waals surface area (Å²) in [7, 11) is 1.73. The molecule has 8 heteroatoms. The zero-order valence-electron chi connectivity index (χ0n) is 16.6.